The molecule has 4 rings (SSSR count). The number of furan rings is 1. The first-order chi connectivity index (χ1) is 15.5. The number of aryl methyl sites for hydroxylation is 2. The Morgan fingerprint density at radius 1 is 0.938 bits per heavy atom. The maximum atomic E-state index is 10.2. The number of methoxy groups -OCH3 is 1. The number of hydrogen-bond acceptors (Lipinski definition) is 5. The van der Waals surface area contributed by atoms with Crippen LogP contribution in [-0.2, 0) is 0 Å². The van der Waals surface area contributed by atoms with Crippen LogP contribution in [0.25, 0.3) is 22.5 Å². The van der Waals surface area contributed by atoms with Crippen molar-refractivity contribution in [2.45, 2.75) is 13.8 Å². The lowest BCUT2D eigenvalue weighted by Gasteiger charge is -2.05. The van der Waals surface area contributed by atoms with E-state index in [1.165, 1.54) is 12.3 Å². The summed E-state index contributed by atoms with van der Waals surface area (Å²) in [6.45, 7) is 4.03. The average molecular weight is 422 g/mol. The van der Waals surface area contributed by atoms with E-state index in [1.54, 1.807) is 19.2 Å². The standard InChI is InChI=1S/C27H22N2O3/c1-17-4-8-19(9-5-17)25-23(15-28)27(32-26(25)20-10-6-18(2)7-11-20)29-16-21-14-22(31-3)12-13-24(21)30/h4-14,16,30H,1-3H3. The lowest BCUT2D eigenvalue weighted by molar-refractivity contribution is 0.412. The maximum absolute atomic E-state index is 10.2. The minimum atomic E-state index is 0.0529. The van der Waals surface area contributed by atoms with Gasteiger partial charge in [0, 0.05) is 22.9 Å². The first-order valence-electron chi connectivity index (χ1n) is 10.1. The SMILES string of the molecule is COc1ccc(O)c(C=Nc2oc(-c3ccc(C)cc3)c(-c3ccc(C)cc3)c2C#N)c1. The molecule has 0 atom stereocenters. The van der Waals surface area contributed by atoms with Crippen LogP contribution in [0.1, 0.15) is 22.3 Å². The lowest BCUT2D eigenvalue weighted by Crippen LogP contribution is -1.87. The Bertz CT molecular complexity index is 1330. The summed E-state index contributed by atoms with van der Waals surface area (Å²) in [4.78, 5) is 4.42. The molecule has 1 N–H and O–H groups in total. The highest BCUT2D eigenvalue weighted by atomic mass is 16.5. The van der Waals surface area contributed by atoms with Gasteiger partial charge in [-0.25, -0.2) is 4.99 Å². The molecule has 0 bridgehead atoms. The third kappa shape index (κ3) is 4.12. The van der Waals surface area contributed by atoms with Gasteiger partial charge in [0.15, 0.2) is 0 Å². The fourth-order valence-corrected chi connectivity index (χ4v) is 3.41. The third-order valence-electron chi connectivity index (χ3n) is 5.21. The fraction of sp³-hybridized carbons (Fsp3) is 0.111. The molecule has 0 spiro atoms. The number of nitrogens with zero attached hydrogens (tertiary/aromatic N) is 2. The van der Waals surface area contributed by atoms with E-state index in [0.717, 1.165) is 22.3 Å². The van der Waals surface area contributed by atoms with Gasteiger partial charge >= 0.3 is 0 Å². The Morgan fingerprint density at radius 3 is 2.16 bits per heavy atom. The van der Waals surface area contributed by atoms with E-state index in [1.807, 2.05) is 62.4 Å². The van der Waals surface area contributed by atoms with Gasteiger partial charge in [-0.3, -0.25) is 0 Å². The Morgan fingerprint density at radius 2 is 1.56 bits per heavy atom. The summed E-state index contributed by atoms with van der Waals surface area (Å²) in [5.41, 5.74) is 5.47. The smallest absolute Gasteiger partial charge is 0.238 e. The van der Waals surface area contributed by atoms with Gasteiger partial charge in [-0.1, -0.05) is 59.7 Å². The number of nitriles is 1. The molecule has 32 heavy (non-hydrogen) atoms. The summed E-state index contributed by atoms with van der Waals surface area (Å²) in [6.07, 6.45) is 1.47. The predicted molar refractivity (Wildman–Crippen MR) is 126 cm³/mol. The van der Waals surface area contributed by atoms with Gasteiger partial charge in [-0.2, -0.15) is 5.26 Å². The van der Waals surface area contributed by atoms with Crippen molar-refractivity contribution in [1.29, 1.82) is 5.26 Å². The summed E-state index contributed by atoms with van der Waals surface area (Å²) in [7, 11) is 1.55. The molecule has 3 aromatic carbocycles. The van der Waals surface area contributed by atoms with Crippen LogP contribution in [-0.4, -0.2) is 18.4 Å². The quantitative estimate of drug-likeness (QED) is 0.369. The van der Waals surface area contributed by atoms with Crippen LogP contribution in [0.15, 0.2) is 76.1 Å². The molecule has 5 nitrogen and oxygen atoms in total. The Hall–Kier alpha value is -4.30. The zero-order chi connectivity index (χ0) is 22.7. The minimum Gasteiger partial charge on any atom is -0.507 e. The molecule has 0 radical (unpaired) electrons. The fourth-order valence-electron chi connectivity index (χ4n) is 3.41. The summed E-state index contributed by atoms with van der Waals surface area (Å²) < 4.78 is 11.3. The van der Waals surface area contributed by atoms with Crippen LogP contribution in [0.3, 0.4) is 0 Å². The van der Waals surface area contributed by atoms with Crippen LogP contribution in [0.4, 0.5) is 5.88 Å². The first kappa shape index (κ1) is 21.0. The van der Waals surface area contributed by atoms with E-state index >= 15 is 0 Å². The second-order valence-electron chi connectivity index (χ2n) is 7.51. The molecule has 0 aliphatic carbocycles. The van der Waals surface area contributed by atoms with E-state index in [-0.39, 0.29) is 11.6 Å². The average Bonchev–Trinajstić information content (AvgIpc) is 3.18. The van der Waals surface area contributed by atoms with Crippen molar-refractivity contribution in [3.05, 3.63) is 89.0 Å². The van der Waals surface area contributed by atoms with Crippen LogP contribution in [0, 0.1) is 25.2 Å². The second-order valence-corrected chi connectivity index (χ2v) is 7.51. The molecular formula is C27H22N2O3. The number of phenols is 1. The van der Waals surface area contributed by atoms with E-state index in [2.05, 4.69) is 11.1 Å². The Labute approximate surface area is 186 Å². The summed E-state index contributed by atoms with van der Waals surface area (Å²) in [6, 6.07) is 23.0. The second kappa shape index (κ2) is 8.83. The monoisotopic (exact) mass is 422 g/mol. The van der Waals surface area contributed by atoms with E-state index in [0.29, 0.717) is 28.2 Å². The lowest BCUT2D eigenvalue weighted by atomic mass is 9.97. The maximum Gasteiger partial charge on any atom is 0.238 e. The molecule has 1 aromatic heterocycles. The Kier molecular flexibility index (Phi) is 5.78. The van der Waals surface area contributed by atoms with Crippen molar-refractivity contribution in [3.63, 3.8) is 0 Å². The number of rotatable bonds is 5. The van der Waals surface area contributed by atoms with Crippen molar-refractivity contribution in [1.82, 2.24) is 0 Å². The molecule has 0 saturated carbocycles. The van der Waals surface area contributed by atoms with Gasteiger partial charge < -0.3 is 14.3 Å². The van der Waals surface area contributed by atoms with Gasteiger partial charge in [-0.05, 0) is 37.6 Å². The van der Waals surface area contributed by atoms with Crippen molar-refractivity contribution in [2.75, 3.05) is 7.11 Å². The topological polar surface area (TPSA) is 78.8 Å². The first-order valence-corrected chi connectivity index (χ1v) is 10.1. The molecule has 0 fully saturated rings. The predicted octanol–water partition coefficient (Wildman–Crippen LogP) is 6.57. The number of aromatic hydroxyl groups is 1. The zero-order valence-corrected chi connectivity index (χ0v) is 18.1. The summed E-state index contributed by atoms with van der Waals surface area (Å²) >= 11 is 0. The van der Waals surface area contributed by atoms with Crippen molar-refractivity contribution in [3.8, 4) is 40.0 Å². The molecule has 0 aliphatic heterocycles. The van der Waals surface area contributed by atoms with Crippen molar-refractivity contribution < 1.29 is 14.3 Å². The van der Waals surface area contributed by atoms with Crippen LogP contribution in [0.2, 0.25) is 0 Å². The largest absolute Gasteiger partial charge is 0.507 e. The van der Waals surface area contributed by atoms with Crippen LogP contribution >= 0.6 is 0 Å². The highest BCUT2D eigenvalue weighted by Crippen LogP contribution is 2.42. The molecule has 1 heterocycles. The molecular weight excluding hydrogens is 400 g/mol. The molecule has 0 unspecified atom stereocenters. The molecule has 158 valence electrons. The number of phenolic OH excluding ortho intramolecular Hbond substituents is 1. The number of benzene rings is 3. The van der Waals surface area contributed by atoms with E-state index in [9.17, 15) is 10.4 Å². The van der Waals surface area contributed by atoms with Crippen LogP contribution < -0.4 is 4.74 Å². The van der Waals surface area contributed by atoms with E-state index in [4.69, 9.17) is 9.15 Å². The summed E-state index contributed by atoms with van der Waals surface area (Å²) in [5, 5.41) is 20.2. The van der Waals surface area contributed by atoms with Gasteiger partial charge in [0.05, 0.1) is 7.11 Å². The molecule has 0 aliphatic rings. The highest BCUT2D eigenvalue weighted by molar-refractivity contribution is 5.91. The summed E-state index contributed by atoms with van der Waals surface area (Å²) in [5.74, 6) is 1.40. The molecule has 0 amide bonds. The number of aliphatic imine (C=N–C) groups is 1. The zero-order valence-electron chi connectivity index (χ0n) is 18.1. The molecule has 4 aromatic rings. The van der Waals surface area contributed by atoms with Gasteiger partial charge in [-0.15, -0.1) is 0 Å². The Balaban J connectivity index is 1.88. The minimum absolute atomic E-state index is 0.0529. The van der Waals surface area contributed by atoms with Crippen molar-refractivity contribution >= 4 is 12.1 Å². The van der Waals surface area contributed by atoms with Crippen LogP contribution in [0.5, 0.6) is 11.5 Å². The van der Waals surface area contributed by atoms with Gasteiger partial charge in [0.25, 0.3) is 0 Å². The van der Waals surface area contributed by atoms with Gasteiger partial charge in [0.2, 0.25) is 5.88 Å². The normalized spacial score (nSPS) is 10.9. The third-order valence-corrected chi connectivity index (χ3v) is 5.21. The number of hydrogen-bond donors (Lipinski definition) is 1. The van der Waals surface area contributed by atoms with Gasteiger partial charge in [0.1, 0.15) is 28.9 Å². The van der Waals surface area contributed by atoms with Crippen molar-refractivity contribution in [2.24, 2.45) is 4.99 Å². The molecule has 5 heteroatoms. The molecule has 0 saturated heterocycles. The highest BCUT2D eigenvalue weighted by Gasteiger charge is 2.22. The van der Waals surface area contributed by atoms with E-state index < -0.39 is 0 Å². The number of ether oxygens (including phenoxy) is 1.